The molecule has 1 rings (SSSR count). The summed E-state index contributed by atoms with van der Waals surface area (Å²) in [5, 5.41) is 0. The molecule has 1 aliphatic carbocycles. The molecule has 3 heteroatoms. The van der Waals surface area contributed by atoms with Crippen molar-refractivity contribution >= 4 is 11.5 Å². The second-order valence-corrected chi connectivity index (χ2v) is 3.14. The lowest BCUT2D eigenvalue weighted by atomic mass is 10.1. The van der Waals surface area contributed by atoms with Crippen molar-refractivity contribution in [2.45, 2.75) is 6.42 Å². The first-order valence-electron chi connectivity index (χ1n) is 2.87. The summed E-state index contributed by atoms with van der Waals surface area (Å²) >= 11 is -1.57. The van der Waals surface area contributed by atoms with Crippen molar-refractivity contribution in [3.8, 4) is 0 Å². The van der Waals surface area contributed by atoms with Crippen molar-refractivity contribution in [3.05, 3.63) is 35.3 Å². The number of rotatable bonds is 1. The van der Waals surface area contributed by atoms with Gasteiger partial charge < -0.3 is 0 Å². The molecular weight excluding hydrogens is 148 g/mol. The van der Waals surface area contributed by atoms with E-state index in [4.69, 9.17) is 9.11 Å². The lowest BCUT2D eigenvalue weighted by Crippen LogP contribution is -2.03. The van der Waals surface area contributed by atoms with Crippen LogP contribution in [-0.4, -0.2) is 9.11 Å². The van der Waals surface area contributed by atoms with E-state index in [0.717, 1.165) is 5.57 Å². The molecule has 0 aliphatic heterocycles. The maximum atomic E-state index is 8.73. The summed E-state index contributed by atoms with van der Waals surface area (Å²) in [4.78, 5) is 0.632. The fourth-order valence-corrected chi connectivity index (χ4v) is 1.27. The largest absolute Gasteiger partial charge is 0.346 e. The van der Waals surface area contributed by atoms with E-state index < -0.39 is 11.5 Å². The molecule has 0 saturated heterocycles. The second-order valence-electron chi connectivity index (χ2n) is 2.09. The van der Waals surface area contributed by atoms with E-state index in [9.17, 15) is 0 Å². The fourth-order valence-electron chi connectivity index (χ4n) is 0.759. The zero-order chi connectivity index (χ0) is 7.56. The van der Waals surface area contributed by atoms with E-state index in [2.05, 4.69) is 6.58 Å². The van der Waals surface area contributed by atoms with E-state index in [-0.39, 0.29) is 0 Å². The summed E-state index contributed by atoms with van der Waals surface area (Å²) < 4.78 is 17.5. The molecule has 0 aromatic rings. The van der Waals surface area contributed by atoms with Crippen molar-refractivity contribution in [1.82, 2.24) is 0 Å². The highest BCUT2D eigenvalue weighted by Crippen LogP contribution is 2.19. The van der Waals surface area contributed by atoms with Crippen LogP contribution < -0.4 is 0 Å². The van der Waals surface area contributed by atoms with Gasteiger partial charge in [-0.1, -0.05) is 18.7 Å². The monoisotopic (exact) mass is 157 g/mol. The van der Waals surface area contributed by atoms with Gasteiger partial charge in [-0.3, -0.25) is 0 Å². The van der Waals surface area contributed by atoms with Crippen molar-refractivity contribution < 1.29 is 9.11 Å². The predicted molar refractivity (Wildman–Crippen MR) is 43.6 cm³/mol. The Kier molecular flexibility index (Phi) is 2.32. The number of hydrogen-bond donors (Lipinski definition) is 2. The Morgan fingerprint density at radius 3 is 2.60 bits per heavy atom. The van der Waals surface area contributed by atoms with Crippen LogP contribution in [0.15, 0.2) is 35.3 Å². The van der Waals surface area contributed by atoms with Crippen LogP contribution in [0.25, 0.3) is 0 Å². The highest BCUT2D eigenvalue weighted by atomic mass is 32.2. The van der Waals surface area contributed by atoms with E-state index in [0.29, 0.717) is 11.3 Å². The number of hydrogen-bond acceptors (Lipinski definition) is 2. The van der Waals surface area contributed by atoms with E-state index in [1.54, 1.807) is 12.2 Å². The van der Waals surface area contributed by atoms with Gasteiger partial charge in [0.15, 0.2) is 0 Å². The first-order chi connectivity index (χ1) is 4.70. The smallest absolute Gasteiger partial charge is 0.150 e. The Balaban J connectivity index is 2.70. The zero-order valence-electron chi connectivity index (χ0n) is 5.45. The van der Waals surface area contributed by atoms with Gasteiger partial charge in [0.1, 0.15) is 0 Å². The highest BCUT2D eigenvalue weighted by molar-refractivity contribution is 7.89. The van der Waals surface area contributed by atoms with Crippen LogP contribution in [0.4, 0.5) is 0 Å². The second kappa shape index (κ2) is 3.05. The Bertz CT molecular complexity index is 204. The van der Waals surface area contributed by atoms with Gasteiger partial charge in [0.2, 0.25) is 4.91 Å². The molecule has 2 N–H and O–H groups in total. The Labute approximate surface area is 63.0 Å². The molecule has 2 nitrogen and oxygen atoms in total. The third kappa shape index (κ3) is 1.73. The minimum atomic E-state index is -1.57. The molecule has 0 unspecified atom stereocenters. The minimum Gasteiger partial charge on any atom is -0.150 e. The minimum absolute atomic E-state index is 0.576. The molecule has 1 aliphatic rings. The molecule has 0 amide bonds. The predicted octanol–water partition coefficient (Wildman–Crippen LogP) is 1.95. The molecular formula is C7H9O2S+. The molecule has 0 aromatic carbocycles. The lowest BCUT2D eigenvalue weighted by Gasteiger charge is -2.01. The van der Waals surface area contributed by atoms with Crippen molar-refractivity contribution in [1.29, 1.82) is 0 Å². The van der Waals surface area contributed by atoms with Crippen LogP contribution in [0.5, 0.6) is 0 Å². The van der Waals surface area contributed by atoms with E-state index in [1.807, 2.05) is 6.08 Å². The molecule has 0 saturated carbocycles. The Morgan fingerprint density at radius 2 is 2.20 bits per heavy atom. The summed E-state index contributed by atoms with van der Waals surface area (Å²) in [6.45, 7) is 3.70. The van der Waals surface area contributed by atoms with Crippen LogP contribution in [0, 0.1) is 0 Å². The van der Waals surface area contributed by atoms with Crippen LogP contribution in [0.2, 0.25) is 0 Å². The average Bonchev–Trinajstić information content (AvgIpc) is 1.88. The molecule has 10 heavy (non-hydrogen) atoms. The topological polar surface area (TPSA) is 40.5 Å². The third-order valence-corrected chi connectivity index (χ3v) is 2.00. The van der Waals surface area contributed by atoms with Crippen LogP contribution in [0.1, 0.15) is 6.42 Å². The molecule has 0 spiro atoms. The summed E-state index contributed by atoms with van der Waals surface area (Å²) in [7, 11) is 0. The molecule has 0 bridgehead atoms. The molecule has 0 radical (unpaired) electrons. The average molecular weight is 157 g/mol. The van der Waals surface area contributed by atoms with Gasteiger partial charge in [-0.2, -0.15) is 9.11 Å². The zero-order valence-corrected chi connectivity index (χ0v) is 6.27. The lowest BCUT2D eigenvalue weighted by molar-refractivity contribution is 0.512. The molecule has 0 aromatic heterocycles. The SMILES string of the molecule is C=C1C=CC=C([S+](O)O)C1. The molecule has 0 heterocycles. The Morgan fingerprint density at radius 1 is 1.50 bits per heavy atom. The number of allylic oxidation sites excluding steroid dienone is 5. The van der Waals surface area contributed by atoms with E-state index >= 15 is 0 Å². The quantitative estimate of drug-likeness (QED) is 0.571. The molecule has 54 valence electrons. The third-order valence-electron chi connectivity index (χ3n) is 1.25. The van der Waals surface area contributed by atoms with Crippen LogP contribution in [0.3, 0.4) is 0 Å². The maximum Gasteiger partial charge on any atom is 0.346 e. The highest BCUT2D eigenvalue weighted by Gasteiger charge is 2.21. The first-order valence-corrected chi connectivity index (χ1v) is 4.01. The van der Waals surface area contributed by atoms with Gasteiger partial charge >= 0.3 is 11.5 Å². The Hall–Kier alpha value is -0.510. The summed E-state index contributed by atoms with van der Waals surface area (Å²) in [6.07, 6.45) is 5.91. The molecule has 0 atom stereocenters. The summed E-state index contributed by atoms with van der Waals surface area (Å²) in [6, 6.07) is 0. The summed E-state index contributed by atoms with van der Waals surface area (Å²) in [5.41, 5.74) is 0.915. The van der Waals surface area contributed by atoms with Crippen molar-refractivity contribution in [2.75, 3.05) is 0 Å². The standard InChI is InChI=1S/C7H9O2S/c1-6-3-2-4-7(5-6)10(8)9/h2-4,8-9H,1,5H2/q+1. The van der Waals surface area contributed by atoms with Gasteiger partial charge in [-0.05, 0) is 11.6 Å². The van der Waals surface area contributed by atoms with Gasteiger partial charge in [0, 0.05) is 6.42 Å². The van der Waals surface area contributed by atoms with E-state index in [1.165, 1.54) is 0 Å². The summed E-state index contributed by atoms with van der Waals surface area (Å²) in [5.74, 6) is 0. The van der Waals surface area contributed by atoms with Gasteiger partial charge in [0.25, 0.3) is 0 Å². The van der Waals surface area contributed by atoms with Gasteiger partial charge in [-0.15, -0.1) is 0 Å². The van der Waals surface area contributed by atoms with Gasteiger partial charge in [-0.25, -0.2) is 0 Å². The first kappa shape index (κ1) is 7.60. The van der Waals surface area contributed by atoms with Crippen molar-refractivity contribution in [3.63, 3.8) is 0 Å². The van der Waals surface area contributed by atoms with Gasteiger partial charge in [0.05, 0.1) is 0 Å². The maximum absolute atomic E-state index is 8.73. The normalized spacial score (nSPS) is 17.9. The molecule has 0 fully saturated rings. The van der Waals surface area contributed by atoms with Crippen LogP contribution in [-0.2, 0) is 11.5 Å². The van der Waals surface area contributed by atoms with Crippen LogP contribution >= 0.6 is 0 Å². The van der Waals surface area contributed by atoms with Crippen molar-refractivity contribution in [2.24, 2.45) is 0 Å². The fraction of sp³-hybridized carbons (Fsp3) is 0.143.